The second kappa shape index (κ2) is 7.80. The minimum absolute atomic E-state index is 0.0875. The molecule has 0 bridgehead atoms. The van der Waals surface area contributed by atoms with Gasteiger partial charge in [0.05, 0.1) is 18.8 Å². The molecule has 1 aliphatic heterocycles. The van der Waals surface area contributed by atoms with Crippen molar-refractivity contribution in [2.75, 3.05) is 19.0 Å². The summed E-state index contributed by atoms with van der Waals surface area (Å²) in [4.78, 5) is 19.3. The first-order valence-corrected chi connectivity index (χ1v) is 9.85. The van der Waals surface area contributed by atoms with Crippen molar-refractivity contribution < 1.29 is 9.53 Å². The summed E-state index contributed by atoms with van der Waals surface area (Å²) in [7, 11) is 1.65. The largest absolute Gasteiger partial charge is 0.497 e. The van der Waals surface area contributed by atoms with Gasteiger partial charge in [-0.05, 0) is 30.5 Å². The number of nitrogens with one attached hydrogen (secondary N) is 1. The fourth-order valence-corrected chi connectivity index (χ4v) is 4.13. The molecule has 1 atom stereocenters. The smallest absolute Gasteiger partial charge is 0.324 e. The number of anilines is 1. The molecule has 0 radical (unpaired) electrons. The highest BCUT2D eigenvalue weighted by atomic mass is 32.1. The van der Waals surface area contributed by atoms with Crippen molar-refractivity contribution in [3.05, 3.63) is 65.5 Å². The molecule has 2 amide bonds. The Morgan fingerprint density at radius 1 is 1.19 bits per heavy atom. The number of hydrogen-bond acceptors (Lipinski definition) is 4. The molecule has 5 nitrogen and oxygen atoms in total. The van der Waals surface area contributed by atoms with E-state index in [9.17, 15) is 4.79 Å². The van der Waals surface area contributed by atoms with Gasteiger partial charge >= 0.3 is 6.03 Å². The minimum atomic E-state index is -0.0951. The molecular weight excluding hydrogens is 358 g/mol. The Morgan fingerprint density at radius 2 is 1.96 bits per heavy atom. The van der Waals surface area contributed by atoms with Crippen LogP contribution in [-0.2, 0) is 0 Å². The summed E-state index contributed by atoms with van der Waals surface area (Å²) < 4.78 is 5.22. The SMILES string of the molecule is COc1ccc(C2CCCN2C(=O)Nc2nc(-c3ccccc3)cs2)cc1. The molecule has 1 aliphatic rings. The lowest BCUT2D eigenvalue weighted by molar-refractivity contribution is 0.207. The molecule has 1 saturated heterocycles. The van der Waals surface area contributed by atoms with Crippen LogP contribution in [0.3, 0.4) is 0 Å². The minimum Gasteiger partial charge on any atom is -0.497 e. The second-order valence-electron chi connectivity index (χ2n) is 6.46. The Balaban J connectivity index is 1.46. The van der Waals surface area contributed by atoms with E-state index >= 15 is 0 Å². The number of rotatable bonds is 4. The standard InChI is InChI=1S/C21H21N3O2S/c1-26-17-11-9-16(10-12-17)19-8-5-13-24(19)21(25)23-20-22-18(14-27-20)15-6-3-2-4-7-15/h2-4,6-7,9-12,14,19H,5,8,13H2,1H3,(H,22,23,25). The first-order chi connectivity index (χ1) is 13.2. The Kier molecular flexibility index (Phi) is 5.07. The maximum atomic E-state index is 12.8. The van der Waals surface area contributed by atoms with Gasteiger partial charge in [-0.15, -0.1) is 11.3 Å². The van der Waals surface area contributed by atoms with Crippen molar-refractivity contribution in [3.63, 3.8) is 0 Å². The number of amides is 2. The monoisotopic (exact) mass is 379 g/mol. The molecule has 6 heteroatoms. The number of nitrogens with zero attached hydrogens (tertiary/aromatic N) is 2. The highest BCUT2D eigenvalue weighted by Crippen LogP contribution is 2.33. The van der Waals surface area contributed by atoms with Crippen LogP contribution in [0, 0.1) is 0 Å². The normalized spacial score (nSPS) is 16.3. The molecule has 2 heterocycles. The number of carbonyl (C=O) groups excluding carboxylic acids is 1. The maximum absolute atomic E-state index is 12.8. The molecule has 1 unspecified atom stereocenters. The van der Waals surface area contributed by atoms with Gasteiger partial charge in [0.2, 0.25) is 0 Å². The van der Waals surface area contributed by atoms with Crippen LogP contribution >= 0.6 is 11.3 Å². The highest BCUT2D eigenvalue weighted by Gasteiger charge is 2.30. The van der Waals surface area contributed by atoms with E-state index in [2.05, 4.69) is 10.3 Å². The third-order valence-electron chi connectivity index (χ3n) is 4.80. The van der Waals surface area contributed by atoms with Gasteiger partial charge in [0, 0.05) is 17.5 Å². The quantitative estimate of drug-likeness (QED) is 0.679. The Morgan fingerprint density at radius 3 is 2.70 bits per heavy atom. The van der Waals surface area contributed by atoms with Crippen LogP contribution in [0.2, 0.25) is 0 Å². The molecule has 1 fully saturated rings. The van der Waals surface area contributed by atoms with Gasteiger partial charge in [0.25, 0.3) is 0 Å². The van der Waals surface area contributed by atoms with Gasteiger partial charge in [-0.2, -0.15) is 0 Å². The summed E-state index contributed by atoms with van der Waals surface area (Å²) in [5.74, 6) is 0.823. The summed E-state index contributed by atoms with van der Waals surface area (Å²) in [5, 5.41) is 5.56. The number of aromatic nitrogens is 1. The van der Waals surface area contributed by atoms with E-state index < -0.39 is 0 Å². The van der Waals surface area contributed by atoms with Crippen LogP contribution in [0.4, 0.5) is 9.93 Å². The lowest BCUT2D eigenvalue weighted by Gasteiger charge is -2.25. The molecule has 1 N–H and O–H groups in total. The zero-order valence-corrected chi connectivity index (χ0v) is 15.9. The van der Waals surface area contributed by atoms with Crippen molar-refractivity contribution in [2.45, 2.75) is 18.9 Å². The fraction of sp³-hybridized carbons (Fsp3) is 0.238. The molecule has 27 heavy (non-hydrogen) atoms. The average molecular weight is 379 g/mol. The molecule has 0 aliphatic carbocycles. The fourth-order valence-electron chi connectivity index (χ4n) is 3.42. The van der Waals surface area contributed by atoms with Crippen molar-refractivity contribution in [2.24, 2.45) is 0 Å². The highest BCUT2D eigenvalue weighted by molar-refractivity contribution is 7.14. The van der Waals surface area contributed by atoms with E-state index in [0.717, 1.165) is 42.0 Å². The summed E-state index contributed by atoms with van der Waals surface area (Å²) in [6, 6.07) is 17.9. The van der Waals surface area contributed by atoms with Gasteiger partial charge < -0.3 is 9.64 Å². The second-order valence-corrected chi connectivity index (χ2v) is 7.32. The van der Waals surface area contributed by atoms with E-state index in [1.807, 2.05) is 64.9 Å². The Hall–Kier alpha value is -2.86. The zero-order valence-electron chi connectivity index (χ0n) is 15.1. The van der Waals surface area contributed by atoms with Crippen molar-refractivity contribution in [3.8, 4) is 17.0 Å². The zero-order chi connectivity index (χ0) is 18.6. The van der Waals surface area contributed by atoms with Gasteiger partial charge in [0.15, 0.2) is 5.13 Å². The third-order valence-corrected chi connectivity index (χ3v) is 5.56. The van der Waals surface area contributed by atoms with Crippen LogP contribution in [0.5, 0.6) is 5.75 Å². The van der Waals surface area contributed by atoms with Crippen LogP contribution in [0.1, 0.15) is 24.4 Å². The number of urea groups is 1. The number of ether oxygens (including phenoxy) is 1. The summed E-state index contributed by atoms with van der Waals surface area (Å²) in [6.07, 6.45) is 1.96. The number of carbonyl (C=O) groups is 1. The van der Waals surface area contributed by atoms with E-state index in [1.54, 1.807) is 7.11 Å². The van der Waals surface area contributed by atoms with Gasteiger partial charge in [-0.3, -0.25) is 5.32 Å². The number of hydrogen-bond donors (Lipinski definition) is 1. The number of benzene rings is 2. The van der Waals surface area contributed by atoms with Gasteiger partial charge in [-0.25, -0.2) is 9.78 Å². The molecule has 0 spiro atoms. The predicted octanol–water partition coefficient (Wildman–Crippen LogP) is 5.19. The van der Waals surface area contributed by atoms with Gasteiger partial charge in [0.1, 0.15) is 5.75 Å². The lowest BCUT2D eigenvalue weighted by atomic mass is 10.0. The first kappa shape index (κ1) is 17.5. The third kappa shape index (κ3) is 3.80. The van der Waals surface area contributed by atoms with Crippen LogP contribution in [-0.4, -0.2) is 29.6 Å². The Labute approximate surface area is 162 Å². The summed E-state index contributed by atoms with van der Waals surface area (Å²) >= 11 is 1.45. The molecule has 3 aromatic rings. The van der Waals surface area contributed by atoms with E-state index in [0.29, 0.717) is 5.13 Å². The van der Waals surface area contributed by atoms with E-state index in [-0.39, 0.29) is 12.1 Å². The molecule has 0 saturated carbocycles. The van der Waals surface area contributed by atoms with Crippen LogP contribution in [0.25, 0.3) is 11.3 Å². The predicted molar refractivity (Wildman–Crippen MR) is 108 cm³/mol. The molecule has 138 valence electrons. The number of thiazole rings is 1. The molecule has 2 aromatic carbocycles. The maximum Gasteiger partial charge on any atom is 0.324 e. The average Bonchev–Trinajstić information content (AvgIpc) is 3.38. The topological polar surface area (TPSA) is 54.5 Å². The lowest BCUT2D eigenvalue weighted by Crippen LogP contribution is -2.34. The Bertz CT molecular complexity index is 909. The first-order valence-electron chi connectivity index (χ1n) is 8.97. The molecule has 4 rings (SSSR count). The van der Waals surface area contributed by atoms with Crippen molar-refractivity contribution >= 4 is 22.5 Å². The summed E-state index contributed by atoms with van der Waals surface area (Å²) in [6.45, 7) is 0.749. The van der Waals surface area contributed by atoms with Gasteiger partial charge in [-0.1, -0.05) is 42.5 Å². The van der Waals surface area contributed by atoms with Crippen LogP contribution < -0.4 is 10.1 Å². The van der Waals surface area contributed by atoms with Crippen LogP contribution in [0.15, 0.2) is 60.0 Å². The number of methoxy groups -OCH3 is 1. The molecular formula is C21H21N3O2S. The van der Waals surface area contributed by atoms with E-state index in [1.165, 1.54) is 11.3 Å². The summed E-state index contributed by atoms with van der Waals surface area (Å²) in [5.41, 5.74) is 3.06. The molecule has 1 aromatic heterocycles. The number of likely N-dealkylation sites (tertiary alicyclic amines) is 1. The van der Waals surface area contributed by atoms with Crippen molar-refractivity contribution in [1.82, 2.24) is 9.88 Å². The van der Waals surface area contributed by atoms with Crippen molar-refractivity contribution in [1.29, 1.82) is 0 Å². The van der Waals surface area contributed by atoms with E-state index in [4.69, 9.17) is 4.74 Å².